The Balaban J connectivity index is 1.97. The quantitative estimate of drug-likeness (QED) is 0.836. The Labute approximate surface area is 138 Å². The van der Waals surface area contributed by atoms with Crippen molar-refractivity contribution < 1.29 is 14.1 Å². The smallest absolute Gasteiger partial charge is 0.252 e. The Bertz CT molecular complexity index is 656. The van der Waals surface area contributed by atoms with Crippen molar-refractivity contribution in [3.05, 3.63) is 69.4 Å². The van der Waals surface area contributed by atoms with Crippen LogP contribution >= 0.6 is 15.9 Å². The molecule has 0 unspecified atom stereocenters. The third-order valence-corrected chi connectivity index (χ3v) is 3.90. The van der Waals surface area contributed by atoms with Crippen LogP contribution in [0.15, 0.2) is 46.9 Å². The molecule has 2 aromatic carbocycles. The second-order valence-corrected chi connectivity index (χ2v) is 6.36. The second-order valence-electron chi connectivity index (χ2n) is 5.51. The molecule has 0 aliphatic heterocycles. The van der Waals surface area contributed by atoms with Gasteiger partial charge >= 0.3 is 0 Å². The van der Waals surface area contributed by atoms with E-state index < -0.39 is 5.82 Å². The van der Waals surface area contributed by atoms with Crippen LogP contribution in [-0.4, -0.2) is 20.0 Å². The zero-order chi connectivity index (χ0) is 16.1. The monoisotopic (exact) mass is 365 g/mol. The SMILES string of the molecule is C[NH+](C)Cc1ccc(CNC(=O)c2cc(F)ccc2Br)cc1. The maximum Gasteiger partial charge on any atom is 0.252 e. The van der Waals surface area contributed by atoms with Gasteiger partial charge in [-0.05, 0) is 39.7 Å². The molecule has 0 fully saturated rings. The van der Waals surface area contributed by atoms with E-state index in [1.807, 2.05) is 12.1 Å². The molecule has 22 heavy (non-hydrogen) atoms. The minimum absolute atomic E-state index is 0.298. The summed E-state index contributed by atoms with van der Waals surface area (Å²) in [5.74, 6) is -0.725. The molecule has 2 N–H and O–H groups in total. The van der Waals surface area contributed by atoms with Gasteiger partial charge in [-0.1, -0.05) is 24.3 Å². The van der Waals surface area contributed by atoms with E-state index in [0.717, 1.165) is 12.1 Å². The summed E-state index contributed by atoms with van der Waals surface area (Å²) >= 11 is 3.26. The van der Waals surface area contributed by atoms with E-state index in [9.17, 15) is 9.18 Å². The van der Waals surface area contributed by atoms with E-state index in [1.54, 1.807) is 0 Å². The number of rotatable bonds is 5. The number of hydrogen-bond acceptors (Lipinski definition) is 1. The van der Waals surface area contributed by atoms with Crippen LogP contribution in [0, 0.1) is 5.82 Å². The number of nitrogens with one attached hydrogen (secondary N) is 2. The van der Waals surface area contributed by atoms with Gasteiger partial charge in [0.1, 0.15) is 12.4 Å². The number of benzene rings is 2. The lowest BCUT2D eigenvalue weighted by atomic mass is 10.1. The molecule has 0 heterocycles. The topological polar surface area (TPSA) is 33.5 Å². The van der Waals surface area contributed by atoms with Gasteiger partial charge in [0.2, 0.25) is 0 Å². The number of hydrogen-bond donors (Lipinski definition) is 2. The van der Waals surface area contributed by atoms with Crippen molar-refractivity contribution in [3.8, 4) is 0 Å². The first-order chi connectivity index (χ1) is 10.5. The Kier molecular flexibility index (Phi) is 5.69. The minimum Gasteiger partial charge on any atom is -0.348 e. The molecule has 0 radical (unpaired) electrons. The van der Waals surface area contributed by atoms with Gasteiger partial charge in [0.05, 0.1) is 19.7 Å². The molecule has 0 bridgehead atoms. The average molecular weight is 366 g/mol. The zero-order valence-corrected chi connectivity index (χ0v) is 14.2. The van der Waals surface area contributed by atoms with Crippen molar-refractivity contribution in [2.75, 3.05) is 14.1 Å². The third kappa shape index (κ3) is 4.64. The standard InChI is InChI=1S/C17H18BrFN2O/c1-21(2)11-13-5-3-12(4-6-13)10-20-17(22)15-9-14(19)7-8-16(15)18/h3-9H,10-11H2,1-2H3,(H,20,22)/p+1. The van der Waals surface area contributed by atoms with Crippen molar-refractivity contribution >= 4 is 21.8 Å². The second kappa shape index (κ2) is 7.51. The molecule has 0 saturated heterocycles. The highest BCUT2D eigenvalue weighted by Crippen LogP contribution is 2.17. The lowest BCUT2D eigenvalue weighted by Crippen LogP contribution is -3.04. The van der Waals surface area contributed by atoms with E-state index in [-0.39, 0.29) is 5.91 Å². The summed E-state index contributed by atoms with van der Waals surface area (Å²) in [5.41, 5.74) is 2.56. The number of carbonyl (C=O) groups excluding carboxylic acids is 1. The van der Waals surface area contributed by atoms with Gasteiger partial charge in [0, 0.05) is 16.6 Å². The van der Waals surface area contributed by atoms with Gasteiger partial charge < -0.3 is 10.2 Å². The summed E-state index contributed by atoms with van der Waals surface area (Å²) in [5, 5.41) is 2.80. The van der Waals surface area contributed by atoms with Crippen molar-refractivity contribution in [3.63, 3.8) is 0 Å². The van der Waals surface area contributed by atoms with Crippen molar-refractivity contribution in [2.45, 2.75) is 13.1 Å². The van der Waals surface area contributed by atoms with Crippen LogP contribution in [0.4, 0.5) is 4.39 Å². The largest absolute Gasteiger partial charge is 0.348 e. The summed E-state index contributed by atoms with van der Waals surface area (Å²) in [6, 6.07) is 12.2. The molecule has 2 aromatic rings. The first-order valence-corrected chi connectivity index (χ1v) is 7.85. The maximum atomic E-state index is 13.2. The summed E-state index contributed by atoms with van der Waals surface area (Å²) in [6.07, 6.45) is 0. The van der Waals surface area contributed by atoms with Crippen molar-refractivity contribution in [1.82, 2.24) is 5.32 Å². The first kappa shape index (κ1) is 16.6. The fourth-order valence-electron chi connectivity index (χ4n) is 2.13. The van der Waals surface area contributed by atoms with E-state index in [4.69, 9.17) is 0 Å². The highest BCUT2D eigenvalue weighted by atomic mass is 79.9. The van der Waals surface area contributed by atoms with E-state index in [2.05, 4.69) is 47.5 Å². The zero-order valence-electron chi connectivity index (χ0n) is 12.6. The molecule has 0 saturated carbocycles. The Morgan fingerprint density at radius 1 is 1.14 bits per heavy atom. The van der Waals surface area contributed by atoms with E-state index in [0.29, 0.717) is 16.6 Å². The molecule has 5 heteroatoms. The summed E-state index contributed by atoms with van der Waals surface area (Å²) in [7, 11) is 4.20. The normalized spacial score (nSPS) is 10.8. The van der Waals surface area contributed by atoms with Gasteiger partial charge in [0.15, 0.2) is 0 Å². The summed E-state index contributed by atoms with van der Waals surface area (Å²) in [6.45, 7) is 1.37. The molecule has 0 aliphatic rings. The minimum atomic E-state index is -0.427. The van der Waals surface area contributed by atoms with Crippen molar-refractivity contribution in [2.24, 2.45) is 0 Å². The molecular weight excluding hydrogens is 347 g/mol. The third-order valence-electron chi connectivity index (χ3n) is 3.21. The number of carbonyl (C=O) groups is 1. The fourth-order valence-corrected chi connectivity index (χ4v) is 2.56. The number of quaternary nitrogens is 1. The predicted octanol–water partition coefficient (Wildman–Crippen LogP) is 2.16. The van der Waals surface area contributed by atoms with Crippen LogP contribution in [0.25, 0.3) is 0 Å². The lowest BCUT2D eigenvalue weighted by molar-refractivity contribution is -0.872. The van der Waals surface area contributed by atoms with Gasteiger partial charge in [-0.25, -0.2) is 4.39 Å². The van der Waals surface area contributed by atoms with Crippen LogP contribution in [0.5, 0.6) is 0 Å². The van der Waals surface area contributed by atoms with Crippen molar-refractivity contribution in [1.29, 1.82) is 0 Å². The van der Waals surface area contributed by atoms with Gasteiger partial charge in [0.25, 0.3) is 5.91 Å². The highest BCUT2D eigenvalue weighted by molar-refractivity contribution is 9.10. The highest BCUT2D eigenvalue weighted by Gasteiger charge is 2.10. The first-order valence-electron chi connectivity index (χ1n) is 7.06. The predicted molar refractivity (Wildman–Crippen MR) is 88.2 cm³/mol. The maximum absolute atomic E-state index is 13.2. The number of halogens is 2. The van der Waals surface area contributed by atoms with Gasteiger partial charge in [-0.2, -0.15) is 0 Å². The van der Waals surface area contributed by atoms with E-state index >= 15 is 0 Å². The van der Waals surface area contributed by atoms with Gasteiger partial charge in [-0.3, -0.25) is 4.79 Å². The average Bonchev–Trinajstić information content (AvgIpc) is 2.48. The van der Waals surface area contributed by atoms with Crippen LogP contribution in [0.3, 0.4) is 0 Å². The van der Waals surface area contributed by atoms with Crippen LogP contribution in [0.2, 0.25) is 0 Å². The van der Waals surface area contributed by atoms with Gasteiger partial charge in [-0.15, -0.1) is 0 Å². The van der Waals surface area contributed by atoms with Crippen LogP contribution in [-0.2, 0) is 13.1 Å². The van der Waals surface area contributed by atoms with E-state index in [1.165, 1.54) is 28.7 Å². The molecule has 2 rings (SSSR count). The molecule has 0 atom stereocenters. The Hall–Kier alpha value is -1.72. The molecule has 3 nitrogen and oxygen atoms in total. The number of amides is 1. The molecular formula is C17H19BrFN2O+. The molecule has 0 aliphatic carbocycles. The Morgan fingerprint density at radius 3 is 2.41 bits per heavy atom. The fraction of sp³-hybridized carbons (Fsp3) is 0.235. The lowest BCUT2D eigenvalue weighted by Gasteiger charge is -2.09. The summed E-state index contributed by atoms with van der Waals surface area (Å²) < 4.78 is 13.8. The van der Waals surface area contributed by atoms with Crippen LogP contribution < -0.4 is 10.2 Å². The molecule has 1 amide bonds. The molecule has 0 aromatic heterocycles. The van der Waals surface area contributed by atoms with Crippen LogP contribution in [0.1, 0.15) is 21.5 Å². The summed E-state index contributed by atoms with van der Waals surface area (Å²) in [4.78, 5) is 13.5. The molecule has 0 spiro atoms. The molecule has 116 valence electrons. The Morgan fingerprint density at radius 2 is 1.77 bits per heavy atom.